The summed E-state index contributed by atoms with van der Waals surface area (Å²) < 4.78 is 0. The smallest absolute Gasteiger partial charge is 0.320 e. The molecule has 0 radical (unpaired) electrons. The van der Waals surface area contributed by atoms with Crippen LogP contribution in [0.15, 0.2) is 5.38 Å². The van der Waals surface area contributed by atoms with Crippen molar-refractivity contribution in [2.75, 3.05) is 31.1 Å². The van der Waals surface area contributed by atoms with Gasteiger partial charge < -0.3 is 10.0 Å². The summed E-state index contributed by atoms with van der Waals surface area (Å²) in [6, 6.07) is -0.398. The lowest BCUT2D eigenvalue weighted by Crippen LogP contribution is -2.51. The molecule has 19 heavy (non-hydrogen) atoms. The third-order valence-corrected chi connectivity index (χ3v) is 4.51. The van der Waals surface area contributed by atoms with Gasteiger partial charge in [0.15, 0.2) is 5.13 Å². The Morgan fingerprint density at radius 1 is 1.32 bits per heavy atom. The zero-order valence-electron chi connectivity index (χ0n) is 11.7. The number of carbonyl (C=O) groups is 1. The summed E-state index contributed by atoms with van der Waals surface area (Å²) in [4.78, 5) is 19.9. The van der Waals surface area contributed by atoms with Gasteiger partial charge in [0, 0.05) is 31.6 Å². The van der Waals surface area contributed by atoms with Crippen LogP contribution in [0.25, 0.3) is 0 Å². The van der Waals surface area contributed by atoms with E-state index < -0.39 is 12.0 Å². The van der Waals surface area contributed by atoms with Gasteiger partial charge in [-0.15, -0.1) is 11.3 Å². The highest BCUT2D eigenvalue weighted by Crippen LogP contribution is 2.25. The monoisotopic (exact) mass is 283 g/mol. The number of piperazine rings is 1. The van der Waals surface area contributed by atoms with Gasteiger partial charge in [0.2, 0.25) is 0 Å². The first-order chi connectivity index (χ1) is 8.99. The maximum Gasteiger partial charge on any atom is 0.320 e. The highest BCUT2D eigenvalue weighted by molar-refractivity contribution is 7.13. The average Bonchev–Trinajstić information content (AvgIpc) is 2.87. The zero-order valence-corrected chi connectivity index (χ0v) is 12.5. The van der Waals surface area contributed by atoms with Crippen molar-refractivity contribution in [2.45, 2.75) is 32.7 Å². The van der Waals surface area contributed by atoms with Crippen molar-refractivity contribution >= 4 is 22.4 Å². The molecule has 1 fully saturated rings. The lowest BCUT2D eigenvalue weighted by atomic mass is 10.2. The Labute approximate surface area is 117 Å². The average molecular weight is 283 g/mol. The molecule has 1 unspecified atom stereocenters. The van der Waals surface area contributed by atoms with Crippen LogP contribution in [0.4, 0.5) is 5.13 Å². The molecule has 1 aromatic heterocycles. The van der Waals surface area contributed by atoms with Gasteiger partial charge in [-0.3, -0.25) is 9.69 Å². The molecule has 1 N–H and O–H groups in total. The number of rotatable bonds is 4. The first kappa shape index (κ1) is 14.3. The van der Waals surface area contributed by atoms with Gasteiger partial charge in [0.05, 0.1) is 5.69 Å². The number of hydrogen-bond donors (Lipinski definition) is 1. The van der Waals surface area contributed by atoms with Crippen LogP contribution in [0.2, 0.25) is 0 Å². The van der Waals surface area contributed by atoms with Crippen LogP contribution < -0.4 is 4.90 Å². The van der Waals surface area contributed by atoms with Crippen molar-refractivity contribution in [1.29, 1.82) is 0 Å². The van der Waals surface area contributed by atoms with E-state index in [2.05, 4.69) is 29.1 Å². The molecule has 0 spiro atoms. The fourth-order valence-corrected chi connectivity index (χ4v) is 3.18. The highest BCUT2D eigenvalue weighted by Gasteiger charge is 2.26. The molecule has 6 heteroatoms. The van der Waals surface area contributed by atoms with Gasteiger partial charge in [-0.25, -0.2) is 4.98 Å². The summed E-state index contributed by atoms with van der Waals surface area (Å²) in [5.74, 6) is -0.289. The van der Waals surface area contributed by atoms with Crippen molar-refractivity contribution in [1.82, 2.24) is 9.88 Å². The number of aliphatic carboxylic acids is 1. The van der Waals surface area contributed by atoms with Gasteiger partial charge >= 0.3 is 5.97 Å². The van der Waals surface area contributed by atoms with Crippen molar-refractivity contribution in [3.63, 3.8) is 0 Å². The molecule has 0 aliphatic carbocycles. The first-order valence-corrected chi connectivity index (χ1v) is 7.54. The van der Waals surface area contributed by atoms with E-state index >= 15 is 0 Å². The fraction of sp³-hybridized carbons (Fsp3) is 0.692. The zero-order chi connectivity index (χ0) is 14.0. The van der Waals surface area contributed by atoms with E-state index in [9.17, 15) is 4.79 Å². The van der Waals surface area contributed by atoms with Crippen molar-refractivity contribution in [3.8, 4) is 0 Å². The van der Waals surface area contributed by atoms with Gasteiger partial charge in [0.25, 0.3) is 0 Å². The minimum Gasteiger partial charge on any atom is -0.480 e. The summed E-state index contributed by atoms with van der Waals surface area (Å²) in [6.07, 6.45) is 0. The molecule has 5 nitrogen and oxygen atoms in total. The number of anilines is 1. The maximum atomic E-state index is 11.0. The van der Waals surface area contributed by atoms with Gasteiger partial charge in [-0.05, 0) is 12.8 Å². The number of thiazole rings is 1. The Morgan fingerprint density at radius 2 is 1.95 bits per heavy atom. The molecule has 0 amide bonds. The van der Waals surface area contributed by atoms with Crippen molar-refractivity contribution in [2.24, 2.45) is 0 Å². The number of nitrogens with zero attached hydrogens (tertiary/aromatic N) is 3. The second kappa shape index (κ2) is 5.88. The summed E-state index contributed by atoms with van der Waals surface area (Å²) >= 11 is 1.68. The predicted octanol–water partition coefficient (Wildman–Crippen LogP) is 1.86. The standard InChI is InChI=1S/C13H21N3O2S/c1-9(2)11-8-19-13(14-11)16-6-4-15(5-7-16)10(3)12(17)18/h8-10H,4-7H2,1-3H3,(H,17,18). The molecule has 1 saturated heterocycles. The normalized spacial score (nSPS) is 18.8. The van der Waals surface area contributed by atoms with E-state index in [0.29, 0.717) is 5.92 Å². The van der Waals surface area contributed by atoms with Crippen LogP contribution in [-0.2, 0) is 4.79 Å². The highest BCUT2D eigenvalue weighted by atomic mass is 32.1. The largest absolute Gasteiger partial charge is 0.480 e. The number of aromatic nitrogens is 1. The molecular weight excluding hydrogens is 262 g/mol. The van der Waals surface area contributed by atoms with Crippen LogP contribution >= 0.6 is 11.3 Å². The van der Waals surface area contributed by atoms with Crippen molar-refractivity contribution < 1.29 is 9.90 Å². The van der Waals surface area contributed by atoms with E-state index in [4.69, 9.17) is 5.11 Å². The molecule has 2 heterocycles. The van der Waals surface area contributed by atoms with Gasteiger partial charge in [-0.2, -0.15) is 0 Å². The minimum absolute atomic E-state index is 0.398. The topological polar surface area (TPSA) is 56.7 Å². The summed E-state index contributed by atoms with van der Waals surface area (Å²) in [7, 11) is 0. The number of hydrogen-bond acceptors (Lipinski definition) is 5. The molecule has 1 aliphatic heterocycles. The molecule has 0 aromatic carbocycles. The van der Waals surface area contributed by atoms with E-state index in [1.54, 1.807) is 18.3 Å². The molecule has 1 aliphatic rings. The second-order valence-electron chi connectivity index (χ2n) is 5.25. The molecular formula is C13H21N3O2S. The molecule has 2 rings (SSSR count). The maximum absolute atomic E-state index is 11.0. The van der Waals surface area contributed by atoms with Crippen LogP contribution in [0.5, 0.6) is 0 Å². The minimum atomic E-state index is -0.746. The van der Waals surface area contributed by atoms with Crippen molar-refractivity contribution in [3.05, 3.63) is 11.1 Å². The second-order valence-corrected chi connectivity index (χ2v) is 6.08. The molecule has 1 aromatic rings. The lowest BCUT2D eigenvalue weighted by Gasteiger charge is -2.36. The number of carboxylic acid groups (broad SMARTS) is 1. The third kappa shape index (κ3) is 3.25. The number of carboxylic acids is 1. The Kier molecular flexibility index (Phi) is 4.42. The Morgan fingerprint density at radius 3 is 2.42 bits per heavy atom. The Hall–Kier alpha value is -1.14. The molecule has 0 saturated carbocycles. The molecule has 0 bridgehead atoms. The Bertz CT molecular complexity index is 439. The quantitative estimate of drug-likeness (QED) is 0.914. The molecule has 106 valence electrons. The van der Waals surface area contributed by atoms with Gasteiger partial charge in [0.1, 0.15) is 6.04 Å². The fourth-order valence-electron chi connectivity index (χ4n) is 2.14. The van der Waals surface area contributed by atoms with E-state index in [0.717, 1.165) is 37.0 Å². The predicted molar refractivity (Wildman–Crippen MR) is 77.1 cm³/mol. The first-order valence-electron chi connectivity index (χ1n) is 6.66. The molecule has 1 atom stereocenters. The van der Waals surface area contributed by atoms with Gasteiger partial charge in [-0.1, -0.05) is 13.8 Å². The summed E-state index contributed by atoms with van der Waals surface area (Å²) in [6.45, 7) is 9.30. The van der Waals surface area contributed by atoms with Crippen LogP contribution in [-0.4, -0.2) is 53.2 Å². The van der Waals surface area contributed by atoms with E-state index in [-0.39, 0.29) is 0 Å². The van der Waals surface area contributed by atoms with E-state index in [1.807, 2.05) is 4.90 Å². The van der Waals surface area contributed by atoms with E-state index in [1.165, 1.54) is 0 Å². The summed E-state index contributed by atoms with van der Waals surface area (Å²) in [5, 5.41) is 12.2. The Balaban J connectivity index is 1.94. The lowest BCUT2D eigenvalue weighted by molar-refractivity contribution is -0.142. The third-order valence-electron chi connectivity index (χ3n) is 3.59. The van der Waals surface area contributed by atoms with Crippen LogP contribution in [0, 0.1) is 0 Å². The van der Waals surface area contributed by atoms with Crippen LogP contribution in [0.1, 0.15) is 32.4 Å². The van der Waals surface area contributed by atoms with Crippen LogP contribution in [0.3, 0.4) is 0 Å². The SMILES string of the molecule is CC(C)c1csc(N2CCN(C(C)C(=O)O)CC2)n1. The summed E-state index contributed by atoms with van der Waals surface area (Å²) in [5.41, 5.74) is 1.14.